The molecule has 1 aromatic rings. The van der Waals surface area contributed by atoms with E-state index in [1.54, 1.807) is 0 Å². The van der Waals surface area contributed by atoms with Crippen molar-refractivity contribution < 1.29 is 28.0 Å². The zero-order valence-electron chi connectivity index (χ0n) is 10.3. The van der Waals surface area contributed by atoms with Gasteiger partial charge in [-0.1, -0.05) is 0 Å². The van der Waals surface area contributed by atoms with Crippen molar-refractivity contribution in [2.45, 2.75) is 13.1 Å². The molecule has 0 saturated heterocycles. The molecule has 1 aromatic carbocycles. The van der Waals surface area contributed by atoms with E-state index >= 15 is 0 Å². The number of benzene rings is 1. The van der Waals surface area contributed by atoms with Crippen LogP contribution in [0.3, 0.4) is 0 Å². The number of alkyl halides is 3. The highest BCUT2D eigenvalue weighted by molar-refractivity contribution is 5.98. The van der Waals surface area contributed by atoms with Gasteiger partial charge < -0.3 is 10.0 Å². The topological polar surface area (TPSA) is 83.7 Å². The predicted molar refractivity (Wildman–Crippen MR) is 62.4 cm³/mol. The molecule has 0 unspecified atom stereocenters. The first kappa shape index (κ1) is 15.7. The molecule has 0 aliphatic heterocycles. The summed E-state index contributed by atoms with van der Waals surface area (Å²) < 4.78 is 37.0. The minimum Gasteiger partial charge on any atom is -0.508 e. The molecule has 0 fully saturated rings. The second-order valence-corrected chi connectivity index (χ2v) is 3.89. The molecule has 0 heterocycles. The second-order valence-electron chi connectivity index (χ2n) is 3.89. The fourth-order valence-electron chi connectivity index (χ4n) is 1.57. The second kappa shape index (κ2) is 5.76. The maximum Gasteiger partial charge on any atom is 0.406 e. The van der Waals surface area contributed by atoms with E-state index in [1.165, 1.54) is 6.92 Å². The summed E-state index contributed by atoms with van der Waals surface area (Å²) in [5, 5.41) is 20.0. The Kier molecular flexibility index (Phi) is 4.53. The van der Waals surface area contributed by atoms with Crippen LogP contribution < -0.4 is 0 Å². The highest BCUT2D eigenvalue weighted by Crippen LogP contribution is 2.26. The lowest BCUT2D eigenvalue weighted by Crippen LogP contribution is -2.39. The minimum absolute atomic E-state index is 0.273. The Morgan fingerprint density at radius 3 is 2.50 bits per heavy atom. The van der Waals surface area contributed by atoms with E-state index in [4.69, 9.17) is 0 Å². The molecule has 0 bridgehead atoms. The van der Waals surface area contributed by atoms with Crippen molar-refractivity contribution in [3.8, 4) is 5.75 Å². The van der Waals surface area contributed by atoms with Gasteiger partial charge >= 0.3 is 6.18 Å². The number of nitro groups is 1. The van der Waals surface area contributed by atoms with Crippen molar-refractivity contribution in [1.82, 2.24) is 4.90 Å². The molecule has 1 N–H and O–H groups in total. The Hall–Kier alpha value is -2.32. The molecule has 9 heteroatoms. The zero-order valence-corrected chi connectivity index (χ0v) is 10.3. The molecule has 0 spiro atoms. The average molecular weight is 292 g/mol. The Balaban J connectivity index is 3.18. The third-order valence-electron chi connectivity index (χ3n) is 2.45. The Bertz CT molecular complexity index is 531. The number of hydrogen-bond acceptors (Lipinski definition) is 4. The van der Waals surface area contributed by atoms with E-state index in [0.717, 1.165) is 18.2 Å². The number of phenols is 1. The highest BCUT2D eigenvalue weighted by atomic mass is 19.4. The highest BCUT2D eigenvalue weighted by Gasteiger charge is 2.34. The summed E-state index contributed by atoms with van der Waals surface area (Å²) in [5.74, 6) is -1.60. The standard InChI is InChI=1S/C11H11F3N2O4/c1-2-15(6-11(12,13)14)10(18)8-5-7(17)3-4-9(8)16(19)20/h3-5,17H,2,6H2,1H3. The number of carbonyl (C=O) groups is 1. The first-order valence-electron chi connectivity index (χ1n) is 5.49. The van der Waals surface area contributed by atoms with Crippen LogP contribution in [0.5, 0.6) is 5.75 Å². The van der Waals surface area contributed by atoms with Gasteiger partial charge in [0.25, 0.3) is 11.6 Å². The van der Waals surface area contributed by atoms with Crippen molar-refractivity contribution in [3.63, 3.8) is 0 Å². The van der Waals surface area contributed by atoms with Gasteiger partial charge in [-0.2, -0.15) is 13.2 Å². The molecule has 110 valence electrons. The number of aromatic hydroxyl groups is 1. The minimum atomic E-state index is -4.61. The normalized spacial score (nSPS) is 11.2. The summed E-state index contributed by atoms with van der Waals surface area (Å²) in [6.07, 6.45) is -4.61. The number of hydrogen-bond donors (Lipinski definition) is 1. The number of phenolic OH excluding ortho intramolecular Hbond substituents is 1. The summed E-state index contributed by atoms with van der Waals surface area (Å²) in [6, 6.07) is 2.62. The van der Waals surface area contributed by atoms with Crippen LogP contribution in [0.4, 0.5) is 18.9 Å². The van der Waals surface area contributed by atoms with Crippen LogP contribution in [-0.4, -0.2) is 40.1 Å². The van der Waals surface area contributed by atoms with Crippen molar-refractivity contribution in [2.75, 3.05) is 13.1 Å². The molecule has 6 nitrogen and oxygen atoms in total. The summed E-state index contributed by atoms with van der Waals surface area (Å²) in [4.78, 5) is 22.2. The van der Waals surface area contributed by atoms with Crippen LogP contribution in [0.1, 0.15) is 17.3 Å². The van der Waals surface area contributed by atoms with E-state index in [9.17, 15) is 33.2 Å². The first-order chi connectivity index (χ1) is 9.15. The van der Waals surface area contributed by atoms with Crippen LogP contribution in [0, 0.1) is 10.1 Å². The average Bonchev–Trinajstić information content (AvgIpc) is 2.33. The Labute approximate surface area is 111 Å². The number of nitrogens with zero attached hydrogens (tertiary/aromatic N) is 2. The van der Waals surface area contributed by atoms with Gasteiger partial charge in [0.2, 0.25) is 0 Å². The molecule has 20 heavy (non-hydrogen) atoms. The number of nitro benzene ring substituents is 1. The molecule has 0 aromatic heterocycles. The van der Waals surface area contributed by atoms with Gasteiger partial charge in [0.1, 0.15) is 17.9 Å². The largest absolute Gasteiger partial charge is 0.508 e. The smallest absolute Gasteiger partial charge is 0.406 e. The maximum absolute atomic E-state index is 12.3. The van der Waals surface area contributed by atoms with Crippen LogP contribution >= 0.6 is 0 Å². The summed E-state index contributed by atoms with van der Waals surface area (Å²) >= 11 is 0. The van der Waals surface area contributed by atoms with E-state index < -0.39 is 40.6 Å². The van der Waals surface area contributed by atoms with Gasteiger partial charge in [0.15, 0.2) is 0 Å². The summed E-state index contributed by atoms with van der Waals surface area (Å²) in [5.41, 5.74) is -1.24. The maximum atomic E-state index is 12.3. The number of carbonyl (C=O) groups excluding carboxylic acids is 1. The lowest BCUT2D eigenvalue weighted by Gasteiger charge is -2.22. The predicted octanol–water partition coefficient (Wildman–Crippen LogP) is 2.32. The van der Waals surface area contributed by atoms with Gasteiger partial charge in [-0.05, 0) is 19.1 Å². The Morgan fingerprint density at radius 1 is 1.45 bits per heavy atom. The van der Waals surface area contributed by atoms with Crippen molar-refractivity contribution in [1.29, 1.82) is 0 Å². The van der Waals surface area contributed by atoms with Crippen LogP contribution in [-0.2, 0) is 0 Å². The molecular weight excluding hydrogens is 281 g/mol. The first-order valence-corrected chi connectivity index (χ1v) is 5.49. The third-order valence-corrected chi connectivity index (χ3v) is 2.45. The quantitative estimate of drug-likeness (QED) is 0.682. The van der Waals surface area contributed by atoms with E-state index in [2.05, 4.69) is 0 Å². The van der Waals surface area contributed by atoms with Gasteiger partial charge in [0.05, 0.1) is 4.92 Å². The molecule has 1 rings (SSSR count). The van der Waals surface area contributed by atoms with Crippen LogP contribution in [0.25, 0.3) is 0 Å². The molecule has 1 amide bonds. The summed E-state index contributed by atoms with van der Waals surface area (Å²) in [6.45, 7) is -0.474. The molecular formula is C11H11F3N2O4. The molecule has 0 radical (unpaired) electrons. The lowest BCUT2D eigenvalue weighted by atomic mass is 10.1. The van der Waals surface area contributed by atoms with Crippen molar-refractivity contribution in [2.24, 2.45) is 0 Å². The summed E-state index contributed by atoms with van der Waals surface area (Å²) in [7, 11) is 0. The Morgan fingerprint density at radius 2 is 2.05 bits per heavy atom. The zero-order chi connectivity index (χ0) is 15.5. The molecule has 0 aliphatic carbocycles. The van der Waals surface area contributed by atoms with E-state index in [1.807, 2.05) is 0 Å². The molecule has 0 atom stereocenters. The number of rotatable bonds is 4. The SMILES string of the molecule is CCN(CC(F)(F)F)C(=O)c1cc(O)ccc1[N+](=O)[O-]. The van der Waals surface area contributed by atoms with E-state index in [0.29, 0.717) is 4.90 Å². The van der Waals surface area contributed by atoms with E-state index in [-0.39, 0.29) is 6.54 Å². The van der Waals surface area contributed by atoms with Gasteiger partial charge in [-0.15, -0.1) is 0 Å². The van der Waals surface area contributed by atoms with Gasteiger partial charge in [-0.25, -0.2) is 0 Å². The number of halogens is 3. The lowest BCUT2D eigenvalue weighted by molar-refractivity contribution is -0.385. The monoisotopic (exact) mass is 292 g/mol. The van der Waals surface area contributed by atoms with Gasteiger partial charge in [0, 0.05) is 12.6 Å². The molecule has 0 aliphatic rings. The van der Waals surface area contributed by atoms with Crippen molar-refractivity contribution >= 4 is 11.6 Å². The van der Waals surface area contributed by atoms with Crippen LogP contribution in [0.2, 0.25) is 0 Å². The van der Waals surface area contributed by atoms with Crippen LogP contribution in [0.15, 0.2) is 18.2 Å². The third kappa shape index (κ3) is 3.84. The van der Waals surface area contributed by atoms with Gasteiger partial charge in [-0.3, -0.25) is 14.9 Å². The fourth-order valence-corrected chi connectivity index (χ4v) is 1.57. The fraction of sp³-hybridized carbons (Fsp3) is 0.364. The number of amides is 1. The molecule has 0 saturated carbocycles. The van der Waals surface area contributed by atoms with Crippen molar-refractivity contribution in [3.05, 3.63) is 33.9 Å².